The van der Waals surface area contributed by atoms with Gasteiger partial charge in [-0.1, -0.05) is 158 Å². The number of nitrogens with zero attached hydrogens (tertiary/aromatic N) is 3. The van der Waals surface area contributed by atoms with Crippen molar-refractivity contribution in [3.63, 3.8) is 0 Å². The molecule has 5 heterocycles. The summed E-state index contributed by atoms with van der Waals surface area (Å²) in [6.45, 7) is 33.9. The standard InChI is InChI=1S/C64H69N3O/c1-36(2)44-31-50(39(7)8)60-53(32-44)61-66(54-27-24-43(30-40(54)9)57-47(37(3)4)18-16-19-48(57)38(5)6)55-21-17-20-49-51-34-46(63(13,14)15)35-52-56-33-42(41-22-25-45(26-23-41)62(10,11)12)28-29-65(56)64(68-60,58(51)52)67(61)59(49)55/h16-39H,1-15H3/q+2/i37D. The third-order valence-electron chi connectivity index (χ3n) is 15.4. The van der Waals surface area contributed by atoms with Crippen molar-refractivity contribution in [1.29, 1.82) is 0 Å². The maximum atomic E-state index is 9.27. The Morgan fingerprint density at radius 1 is 0.588 bits per heavy atom. The highest BCUT2D eigenvalue weighted by molar-refractivity contribution is 5.98. The van der Waals surface area contributed by atoms with Crippen LogP contribution in [0.1, 0.15) is 166 Å². The molecule has 4 nitrogen and oxygen atoms in total. The first kappa shape index (κ1) is 43.0. The lowest BCUT2D eigenvalue weighted by atomic mass is 9.80. The number of hydrogen-bond donors (Lipinski definition) is 0. The molecule has 1 unspecified atom stereocenters. The second kappa shape index (κ2) is 15.1. The summed E-state index contributed by atoms with van der Waals surface area (Å²) in [5.41, 5.74) is 23.9. The minimum atomic E-state index is -1.06. The Hall–Kier alpha value is -6.26. The van der Waals surface area contributed by atoms with Crippen LogP contribution in [-0.2, 0) is 16.7 Å². The molecule has 0 radical (unpaired) electrons. The molecule has 4 heteroatoms. The van der Waals surface area contributed by atoms with E-state index in [0.29, 0.717) is 11.8 Å². The summed E-state index contributed by atoms with van der Waals surface area (Å²) < 4.78 is 24.9. The largest absolute Gasteiger partial charge is 0.499 e. The number of fused-ring (bicyclic) bond motifs is 5. The van der Waals surface area contributed by atoms with Gasteiger partial charge in [0.05, 0.1) is 5.56 Å². The smallest absolute Gasteiger partial charge is 0.392 e. The van der Waals surface area contributed by atoms with Crippen LogP contribution in [0.4, 0.5) is 0 Å². The molecule has 8 aromatic rings. The van der Waals surface area contributed by atoms with Gasteiger partial charge in [0.25, 0.3) is 0 Å². The molecule has 0 N–H and O–H groups in total. The molecule has 6 aromatic carbocycles. The average Bonchev–Trinajstić information content (AvgIpc) is 3.78. The number of benzene rings is 6. The Morgan fingerprint density at radius 3 is 1.90 bits per heavy atom. The van der Waals surface area contributed by atoms with Gasteiger partial charge in [0.15, 0.2) is 23.0 Å². The topological polar surface area (TPSA) is 21.9 Å². The fraction of sp³-hybridized carbons (Fsp3) is 0.344. The molecule has 344 valence electrons. The maximum absolute atomic E-state index is 9.27. The van der Waals surface area contributed by atoms with Gasteiger partial charge in [0.1, 0.15) is 16.8 Å². The van der Waals surface area contributed by atoms with Gasteiger partial charge in [-0.05, 0) is 145 Å². The lowest BCUT2D eigenvalue weighted by molar-refractivity contribution is -0.997. The van der Waals surface area contributed by atoms with Gasteiger partial charge in [-0.25, -0.2) is 0 Å². The number of para-hydroxylation sites is 1. The van der Waals surface area contributed by atoms with Crippen LogP contribution in [-0.4, -0.2) is 4.57 Å². The highest BCUT2D eigenvalue weighted by Crippen LogP contribution is 2.56. The third kappa shape index (κ3) is 6.31. The second-order valence-electron chi connectivity index (χ2n) is 23.3. The van der Waals surface area contributed by atoms with Crippen LogP contribution in [0.3, 0.4) is 0 Å². The van der Waals surface area contributed by atoms with Crippen molar-refractivity contribution in [1.82, 2.24) is 4.57 Å². The van der Waals surface area contributed by atoms with E-state index in [9.17, 15) is 1.37 Å². The van der Waals surface area contributed by atoms with Crippen LogP contribution in [0.15, 0.2) is 121 Å². The van der Waals surface area contributed by atoms with Crippen molar-refractivity contribution in [3.05, 3.63) is 166 Å². The van der Waals surface area contributed by atoms with Gasteiger partial charge in [0, 0.05) is 24.6 Å². The van der Waals surface area contributed by atoms with Crippen molar-refractivity contribution < 1.29 is 15.2 Å². The monoisotopic (exact) mass is 897 g/mol. The molecule has 1 spiro atoms. The highest BCUT2D eigenvalue weighted by atomic mass is 16.5. The molecule has 68 heavy (non-hydrogen) atoms. The Morgan fingerprint density at radius 2 is 1.25 bits per heavy atom. The van der Waals surface area contributed by atoms with Crippen LogP contribution < -0.4 is 13.9 Å². The van der Waals surface area contributed by atoms with Crippen LogP contribution >= 0.6 is 0 Å². The minimum absolute atomic E-state index is 0.0698. The number of rotatable bonds is 7. The number of imidazole rings is 1. The molecule has 0 saturated carbocycles. The first-order valence-electron chi connectivity index (χ1n) is 25.6. The van der Waals surface area contributed by atoms with E-state index in [1.54, 1.807) is 0 Å². The zero-order valence-electron chi connectivity index (χ0n) is 44.0. The molecule has 0 saturated heterocycles. The molecule has 0 aliphatic carbocycles. The van der Waals surface area contributed by atoms with Gasteiger partial charge < -0.3 is 4.74 Å². The number of pyridine rings is 1. The summed E-state index contributed by atoms with van der Waals surface area (Å²) in [6.07, 6.45) is 2.30. The Bertz CT molecular complexity index is 3450. The molecule has 0 bridgehead atoms. The van der Waals surface area contributed by atoms with Gasteiger partial charge in [-0.15, -0.1) is 9.13 Å². The fourth-order valence-electron chi connectivity index (χ4n) is 11.6. The summed E-state index contributed by atoms with van der Waals surface area (Å²) in [7, 11) is 0. The molecular formula is C64H69N3O+2. The van der Waals surface area contributed by atoms with Crippen molar-refractivity contribution in [2.75, 3.05) is 0 Å². The van der Waals surface area contributed by atoms with Crippen LogP contribution in [0.2, 0.25) is 0 Å². The minimum Gasteiger partial charge on any atom is -0.392 e. The molecule has 0 fully saturated rings. The molecule has 1 atom stereocenters. The summed E-state index contributed by atoms with van der Waals surface area (Å²) in [6, 6.07) is 44.1. The SMILES string of the molecule is [2H]C(C)(C)c1cccc(C(C)C)c1-c1ccc(-n2c3[n+]4c5c(cccc52)-c2cc(C(C)(C)C)cc5c2C4(Oc2c-3cc(C(C)C)cc2C(C)C)[n+]2ccc(-c3ccc(C(C)(C)C)cc3)cc2-5)c(C)c1. The normalized spacial score (nSPS) is 16.1. The quantitative estimate of drug-likeness (QED) is 0.146. The number of ether oxygens (including phenoxy) is 1. The van der Waals surface area contributed by atoms with E-state index in [-0.39, 0.29) is 16.7 Å². The van der Waals surface area contributed by atoms with Gasteiger partial charge in [-0.3, -0.25) is 0 Å². The van der Waals surface area contributed by atoms with Gasteiger partial charge in [0.2, 0.25) is 5.69 Å². The summed E-state index contributed by atoms with van der Waals surface area (Å²) >= 11 is 0. The van der Waals surface area contributed by atoms with Crippen molar-refractivity contribution in [2.24, 2.45) is 0 Å². The van der Waals surface area contributed by atoms with Gasteiger partial charge >= 0.3 is 11.7 Å². The number of aryl methyl sites for hydroxylation is 1. The molecule has 11 rings (SSSR count). The predicted octanol–water partition coefficient (Wildman–Crippen LogP) is 16.2. The average molecular weight is 897 g/mol. The molecule has 0 amide bonds. The molecular weight excluding hydrogens is 827 g/mol. The van der Waals surface area contributed by atoms with E-state index < -0.39 is 11.7 Å². The predicted molar refractivity (Wildman–Crippen MR) is 282 cm³/mol. The zero-order valence-corrected chi connectivity index (χ0v) is 43.0. The second-order valence-corrected chi connectivity index (χ2v) is 23.3. The molecule has 3 aliphatic heterocycles. The van der Waals surface area contributed by atoms with E-state index in [2.05, 4.69) is 225 Å². The van der Waals surface area contributed by atoms with Crippen LogP contribution in [0.5, 0.6) is 5.75 Å². The molecule has 3 aliphatic rings. The van der Waals surface area contributed by atoms with Crippen molar-refractivity contribution >= 4 is 11.0 Å². The number of aromatic nitrogens is 3. The Labute approximate surface area is 406 Å². The van der Waals surface area contributed by atoms with E-state index in [1.165, 1.54) is 72.3 Å². The third-order valence-corrected chi connectivity index (χ3v) is 15.4. The summed E-state index contributed by atoms with van der Waals surface area (Å²) in [5.74, 6) is 1.07. The fourth-order valence-corrected chi connectivity index (χ4v) is 11.6. The first-order valence-corrected chi connectivity index (χ1v) is 25.1. The van der Waals surface area contributed by atoms with Gasteiger partial charge in [-0.2, -0.15) is 4.57 Å². The lowest BCUT2D eigenvalue weighted by Crippen LogP contribution is -2.78. The Balaban J connectivity index is 1.26. The van der Waals surface area contributed by atoms with Crippen molar-refractivity contribution in [2.45, 2.75) is 144 Å². The van der Waals surface area contributed by atoms with Crippen LogP contribution in [0.25, 0.3) is 72.7 Å². The zero-order chi connectivity index (χ0) is 49.0. The number of hydrogen-bond acceptors (Lipinski definition) is 1. The van der Waals surface area contributed by atoms with E-state index in [0.717, 1.165) is 50.7 Å². The molecule has 2 aromatic heterocycles. The maximum Gasteiger partial charge on any atom is 0.499 e. The Kier molecular flexibility index (Phi) is 9.57. The summed E-state index contributed by atoms with van der Waals surface area (Å²) in [5, 5.41) is 0. The van der Waals surface area contributed by atoms with E-state index >= 15 is 0 Å². The van der Waals surface area contributed by atoms with Crippen molar-refractivity contribution in [3.8, 4) is 67.5 Å². The van der Waals surface area contributed by atoms with Crippen LogP contribution in [0, 0.1) is 6.92 Å². The summed E-state index contributed by atoms with van der Waals surface area (Å²) in [4.78, 5) is 0. The lowest BCUT2D eigenvalue weighted by Gasteiger charge is -2.34. The first-order chi connectivity index (χ1) is 32.5. The highest BCUT2D eigenvalue weighted by Gasteiger charge is 2.69. The van der Waals surface area contributed by atoms with E-state index in [1.807, 2.05) is 13.8 Å². The van der Waals surface area contributed by atoms with E-state index in [4.69, 9.17) is 4.74 Å².